The minimum Gasteiger partial charge on any atom is -0.325 e. The summed E-state index contributed by atoms with van der Waals surface area (Å²) in [5, 5.41) is 4.14. The van der Waals surface area contributed by atoms with Crippen molar-refractivity contribution in [2.24, 2.45) is 11.1 Å². The van der Waals surface area contributed by atoms with Crippen molar-refractivity contribution in [3.63, 3.8) is 0 Å². The van der Waals surface area contributed by atoms with Gasteiger partial charge in [0.2, 0.25) is 0 Å². The van der Waals surface area contributed by atoms with Crippen LogP contribution in [0.4, 0.5) is 0 Å². The van der Waals surface area contributed by atoms with Crippen molar-refractivity contribution in [2.75, 3.05) is 0 Å². The molecule has 1 aliphatic carbocycles. The van der Waals surface area contributed by atoms with E-state index in [-0.39, 0.29) is 16.5 Å². The van der Waals surface area contributed by atoms with E-state index in [1.165, 1.54) is 6.33 Å². The first kappa shape index (κ1) is 12.1. The fraction of sp³-hybridized carbons (Fsp3) is 0.750. The Morgan fingerprint density at radius 1 is 1.41 bits per heavy atom. The van der Waals surface area contributed by atoms with Crippen molar-refractivity contribution in [1.29, 1.82) is 0 Å². The Balaban J connectivity index is 2.37. The van der Waals surface area contributed by atoms with Gasteiger partial charge in [-0.05, 0) is 13.3 Å². The highest BCUT2D eigenvalue weighted by Gasteiger charge is 2.67. The van der Waals surface area contributed by atoms with Gasteiger partial charge in [0.25, 0.3) is 6.57 Å². The standard InChI is InChI=1S/C12H20N5/c1-10(2)11(3,13)5-6-12(10,14-4)7-17-9-15-8-16-17/h4,8-9H,5-7,13H2,1-3H3/q+1. The van der Waals surface area contributed by atoms with Gasteiger partial charge >= 0.3 is 5.54 Å². The molecule has 1 heterocycles. The van der Waals surface area contributed by atoms with Gasteiger partial charge < -0.3 is 5.73 Å². The third kappa shape index (κ3) is 1.55. The van der Waals surface area contributed by atoms with Gasteiger partial charge in [-0.3, -0.25) is 0 Å². The molecule has 1 saturated carbocycles. The number of aromatic nitrogens is 3. The van der Waals surface area contributed by atoms with E-state index in [0.29, 0.717) is 6.54 Å². The van der Waals surface area contributed by atoms with Crippen molar-refractivity contribution < 1.29 is 0 Å². The summed E-state index contributed by atoms with van der Waals surface area (Å²) in [5.41, 5.74) is 5.56. The molecule has 0 saturated heterocycles. The van der Waals surface area contributed by atoms with Crippen LogP contribution in [0.15, 0.2) is 12.7 Å². The topological polar surface area (TPSA) is 61.1 Å². The van der Waals surface area contributed by atoms with E-state index in [4.69, 9.17) is 12.3 Å². The van der Waals surface area contributed by atoms with E-state index in [9.17, 15) is 0 Å². The van der Waals surface area contributed by atoms with Crippen LogP contribution in [-0.4, -0.2) is 25.8 Å². The number of nitrogens with zero attached hydrogens (tertiary/aromatic N) is 4. The van der Waals surface area contributed by atoms with Crippen molar-refractivity contribution in [3.8, 4) is 6.57 Å². The highest BCUT2D eigenvalue weighted by Crippen LogP contribution is 2.54. The quantitative estimate of drug-likeness (QED) is 0.844. The number of hydrogen-bond donors (Lipinski definition) is 1. The second kappa shape index (κ2) is 3.54. The molecule has 92 valence electrons. The van der Waals surface area contributed by atoms with Crippen LogP contribution in [0.1, 0.15) is 33.6 Å². The summed E-state index contributed by atoms with van der Waals surface area (Å²) in [5.74, 6) is 0. The molecule has 2 rings (SSSR count). The van der Waals surface area contributed by atoms with E-state index in [1.54, 1.807) is 11.0 Å². The van der Waals surface area contributed by atoms with Crippen LogP contribution in [0.3, 0.4) is 0 Å². The minimum absolute atomic E-state index is 0.180. The fourth-order valence-corrected chi connectivity index (χ4v) is 2.75. The zero-order valence-corrected chi connectivity index (χ0v) is 10.7. The van der Waals surface area contributed by atoms with Crippen LogP contribution in [0, 0.1) is 12.0 Å². The summed E-state index contributed by atoms with van der Waals surface area (Å²) in [6, 6.07) is 0. The van der Waals surface area contributed by atoms with Crippen molar-refractivity contribution >= 4 is 0 Å². The largest absolute Gasteiger partial charge is 0.325 e. The van der Waals surface area contributed by atoms with Gasteiger partial charge in [0.15, 0.2) is 0 Å². The average molecular weight is 234 g/mol. The van der Waals surface area contributed by atoms with Gasteiger partial charge in [0.1, 0.15) is 19.2 Å². The molecule has 1 aromatic heterocycles. The summed E-state index contributed by atoms with van der Waals surface area (Å²) >= 11 is 0. The fourth-order valence-electron chi connectivity index (χ4n) is 2.75. The summed E-state index contributed by atoms with van der Waals surface area (Å²) in [6.45, 7) is 12.7. The average Bonchev–Trinajstić information content (AvgIpc) is 2.81. The van der Waals surface area contributed by atoms with Crippen molar-refractivity contribution in [1.82, 2.24) is 14.8 Å². The molecule has 0 bridgehead atoms. The molecular weight excluding hydrogens is 214 g/mol. The smallest absolute Gasteiger partial charge is 0.306 e. The molecule has 1 aromatic rings. The zero-order valence-electron chi connectivity index (χ0n) is 10.7. The Hall–Kier alpha value is -1.41. The predicted octanol–water partition coefficient (Wildman–Crippen LogP) is 1.52. The molecule has 0 radical (unpaired) electrons. The first-order valence-electron chi connectivity index (χ1n) is 5.88. The van der Waals surface area contributed by atoms with Gasteiger partial charge in [-0.2, -0.15) is 5.10 Å². The highest BCUT2D eigenvalue weighted by molar-refractivity contribution is 5.22. The molecule has 1 fully saturated rings. The maximum absolute atomic E-state index is 6.37. The van der Waals surface area contributed by atoms with Gasteiger partial charge in [0, 0.05) is 12.0 Å². The van der Waals surface area contributed by atoms with E-state index in [1.807, 2.05) is 0 Å². The first-order valence-corrected chi connectivity index (χ1v) is 5.88. The summed E-state index contributed by atoms with van der Waals surface area (Å²) in [7, 11) is 0. The number of hydrogen-bond acceptors (Lipinski definition) is 3. The Kier molecular flexibility index (Phi) is 2.51. The monoisotopic (exact) mass is 234 g/mol. The van der Waals surface area contributed by atoms with Gasteiger partial charge in [0.05, 0.1) is 5.41 Å². The van der Waals surface area contributed by atoms with Crippen LogP contribution in [0.5, 0.6) is 0 Å². The van der Waals surface area contributed by atoms with Crippen LogP contribution in [0.25, 0.3) is 4.85 Å². The Bertz CT molecular complexity index is 440. The van der Waals surface area contributed by atoms with E-state index < -0.39 is 0 Å². The first-order chi connectivity index (χ1) is 7.85. The van der Waals surface area contributed by atoms with Gasteiger partial charge in [-0.1, -0.05) is 18.7 Å². The normalized spacial score (nSPS) is 35.7. The molecule has 2 unspecified atom stereocenters. The number of nitrogens with two attached hydrogens (primary N) is 1. The molecule has 0 aromatic carbocycles. The van der Waals surface area contributed by atoms with E-state index in [0.717, 1.165) is 12.8 Å². The van der Waals surface area contributed by atoms with Crippen molar-refractivity contribution in [3.05, 3.63) is 17.5 Å². The molecule has 2 atom stereocenters. The van der Waals surface area contributed by atoms with Gasteiger partial charge in [-0.15, -0.1) is 0 Å². The van der Waals surface area contributed by atoms with E-state index >= 15 is 0 Å². The summed E-state index contributed by atoms with van der Waals surface area (Å²) in [6.07, 6.45) is 5.00. The lowest BCUT2D eigenvalue weighted by atomic mass is 9.67. The van der Waals surface area contributed by atoms with Crippen LogP contribution >= 0.6 is 0 Å². The second-order valence-corrected chi connectivity index (χ2v) is 5.80. The lowest BCUT2D eigenvalue weighted by Gasteiger charge is -2.37. The molecule has 17 heavy (non-hydrogen) atoms. The summed E-state index contributed by atoms with van der Waals surface area (Å²) < 4.78 is 1.78. The zero-order chi connectivity index (χ0) is 12.7. The second-order valence-electron chi connectivity index (χ2n) is 5.80. The molecule has 1 aliphatic rings. The van der Waals surface area contributed by atoms with Crippen molar-refractivity contribution in [2.45, 2.75) is 51.2 Å². The van der Waals surface area contributed by atoms with Gasteiger partial charge in [-0.25, -0.2) is 9.67 Å². The molecular formula is C12H20N5+. The molecule has 0 aliphatic heterocycles. The number of rotatable bonds is 2. The van der Waals surface area contributed by atoms with E-state index in [2.05, 4.69) is 35.7 Å². The Labute approximate surface area is 102 Å². The minimum atomic E-state index is -0.371. The predicted molar refractivity (Wildman–Crippen MR) is 66.7 cm³/mol. The molecule has 0 amide bonds. The third-order valence-corrected chi connectivity index (χ3v) is 4.79. The Morgan fingerprint density at radius 2 is 2.12 bits per heavy atom. The summed E-state index contributed by atoms with van der Waals surface area (Å²) in [4.78, 5) is 8.13. The third-order valence-electron chi connectivity index (χ3n) is 4.79. The molecule has 5 heteroatoms. The molecule has 0 spiro atoms. The maximum Gasteiger partial charge on any atom is 0.306 e. The SMILES string of the molecule is C#[N+]C1(Cn2cncn2)CCC(C)(N)C1(C)C. The van der Waals surface area contributed by atoms with Crippen LogP contribution < -0.4 is 5.73 Å². The lowest BCUT2D eigenvalue weighted by molar-refractivity contribution is 0.143. The highest BCUT2D eigenvalue weighted by atomic mass is 15.3. The molecule has 5 nitrogen and oxygen atoms in total. The molecule has 2 N–H and O–H groups in total. The maximum atomic E-state index is 6.37. The lowest BCUT2D eigenvalue weighted by Crippen LogP contribution is -2.55. The van der Waals surface area contributed by atoms with Crippen LogP contribution in [0.2, 0.25) is 0 Å². The van der Waals surface area contributed by atoms with Crippen LogP contribution in [-0.2, 0) is 6.54 Å². The Morgan fingerprint density at radius 3 is 2.53 bits per heavy atom.